The van der Waals surface area contributed by atoms with Gasteiger partial charge in [-0.1, -0.05) is 18.6 Å². The van der Waals surface area contributed by atoms with E-state index >= 15 is 0 Å². The van der Waals surface area contributed by atoms with Gasteiger partial charge in [0.05, 0.1) is 22.0 Å². The average molecular weight is 618 g/mol. The molecule has 1 N–H and O–H groups in total. The number of anilines is 1. The Kier molecular flexibility index (Phi) is 8.59. The van der Waals surface area contributed by atoms with E-state index in [-0.39, 0.29) is 6.04 Å². The molecule has 2 aliphatic heterocycles. The Labute approximate surface area is 256 Å². The van der Waals surface area contributed by atoms with Crippen molar-refractivity contribution in [3.8, 4) is 17.7 Å². The molecular weight excluding hydrogens is 583 g/mol. The van der Waals surface area contributed by atoms with E-state index in [1.807, 2.05) is 38.1 Å². The third kappa shape index (κ3) is 6.50. The SMILES string of the molecule is Cc1cc(C#N)cc(C)c1Oc1nc(NC2CCN(Cc3ccc(S(=O)(=O)N4CCCCC4)cc3)CC2)nc2ncsc12. The van der Waals surface area contributed by atoms with Crippen molar-refractivity contribution in [3.05, 3.63) is 64.2 Å². The lowest BCUT2D eigenvalue weighted by Gasteiger charge is -2.32. The highest BCUT2D eigenvalue weighted by Crippen LogP contribution is 2.35. The highest BCUT2D eigenvalue weighted by atomic mass is 32.2. The molecule has 2 aromatic carbocycles. The number of piperidine rings is 2. The third-order valence-electron chi connectivity index (χ3n) is 8.15. The molecule has 0 bridgehead atoms. The maximum absolute atomic E-state index is 13.0. The van der Waals surface area contributed by atoms with Crippen LogP contribution >= 0.6 is 11.3 Å². The molecule has 43 heavy (non-hydrogen) atoms. The fourth-order valence-electron chi connectivity index (χ4n) is 5.84. The maximum atomic E-state index is 13.0. The first-order valence-electron chi connectivity index (χ1n) is 14.7. The van der Waals surface area contributed by atoms with Gasteiger partial charge in [-0.2, -0.15) is 19.5 Å². The molecule has 4 heterocycles. The summed E-state index contributed by atoms with van der Waals surface area (Å²) < 4.78 is 34.6. The zero-order valence-electron chi connectivity index (χ0n) is 24.4. The van der Waals surface area contributed by atoms with E-state index in [0.717, 1.165) is 73.1 Å². The van der Waals surface area contributed by atoms with Crippen molar-refractivity contribution in [3.63, 3.8) is 0 Å². The summed E-state index contributed by atoms with van der Waals surface area (Å²) in [5.74, 6) is 1.62. The van der Waals surface area contributed by atoms with Crippen LogP contribution in [0, 0.1) is 25.2 Å². The fraction of sp³-hybridized carbons (Fsp3) is 0.419. The highest BCUT2D eigenvalue weighted by Gasteiger charge is 2.26. The standard InChI is InChI=1S/C31H35N7O3S2/c1-21-16-24(18-32)17-22(2)27(21)41-30-28-29(33-20-42-28)35-31(36-30)34-25-10-14-37(15-11-25)19-23-6-8-26(9-7-23)43(39,40)38-12-4-3-5-13-38/h6-9,16-17,20,25H,3-5,10-15,19H2,1-2H3,(H,34,35,36). The minimum atomic E-state index is -3.41. The zero-order valence-corrected chi connectivity index (χ0v) is 26.0. The molecule has 4 aromatic rings. The van der Waals surface area contributed by atoms with Gasteiger partial charge in [0.25, 0.3) is 0 Å². The Morgan fingerprint density at radius 3 is 2.40 bits per heavy atom. The van der Waals surface area contributed by atoms with Crippen molar-refractivity contribution in [2.45, 2.75) is 63.4 Å². The van der Waals surface area contributed by atoms with Crippen LogP contribution < -0.4 is 10.1 Å². The zero-order chi connectivity index (χ0) is 30.0. The molecule has 6 rings (SSSR count). The van der Waals surface area contributed by atoms with Gasteiger partial charge in [-0.3, -0.25) is 4.90 Å². The first-order chi connectivity index (χ1) is 20.8. The largest absolute Gasteiger partial charge is 0.437 e. The Bertz CT molecular complexity index is 1730. The van der Waals surface area contributed by atoms with Crippen molar-refractivity contribution < 1.29 is 13.2 Å². The number of benzene rings is 2. The van der Waals surface area contributed by atoms with Crippen molar-refractivity contribution >= 4 is 37.7 Å². The average Bonchev–Trinajstić information content (AvgIpc) is 3.49. The van der Waals surface area contributed by atoms with E-state index in [2.05, 4.69) is 26.3 Å². The lowest BCUT2D eigenvalue weighted by atomic mass is 10.0. The van der Waals surface area contributed by atoms with Crippen molar-refractivity contribution in [1.29, 1.82) is 5.26 Å². The third-order valence-corrected chi connectivity index (χ3v) is 10.9. The van der Waals surface area contributed by atoms with Crippen LogP contribution in [0.25, 0.3) is 10.3 Å². The molecule has 0 amide bonds. The highest BCUT2D eigenvalue weighted by molar-refractivity contribution is 7.89. The Hall–Kier alpha value is -3.63. The molecule has 10 nitrogen and oxygen atoms in total. The van der Waals surface area contributed by atoms with Gasteiger partial charge in [0.2, 0.25) is 21.9 Å². The number of hydrogen-bond donors (Lipinski definition) is 1. The van der Waals surface area contributed by atoms with E-state index in [0.29, 0.717) is 46.8 Å². The van der Waals surface area contributed by atoms with Crippen LogP contribution in [0.4, 0.5) is 5.95 Å². The number of thiazole rings is 1. The van der Waals surface area contributed by atoms with Crippen LogP contribution in [0.2, 0.25) is 0 Å². The molecular formula is C31H35N7O3S2. The molecule has 224 valence electrons. The summed E-state index contributed by atoms with van der Waals surface area (Å²) >= 11 is 1.43. The van der Waals surface area contributed by atoms with Gasteiger partial charge in [-0.05, 0) is 80.5 Å². The maximum Gasteiger partial charge on any atom is 0.243 e. The number of nitrogens with one attached hydrogen (secondary N) is 1. The number of ether oxygens (including phenoxy) is 1. The summed E-state index contributed by atoms with van der Waals surface area (Å²) in [7, 11) is -3.41. The molecule has 2 aromatic heterocycles. The molecule has 0 saturated carbocycles. The van der Waals surface area contributed by atoms with Gasteiger partial charge in [-0.15, -0.1) is 11.3 Å². The Morgan fingerprint density at radius 1 is 1.02 bits per heavy atom. The summed E-state index contributed by atoms with van der Waals surface area (Å²) in [6.07, 6.45) is 4.80. The number of likely N-dealkylation sites (tertiary alicyclic amines) is 1. The van der Waals surface area contributed by atoms with Crippen LogP contribution in [0.5, 0.6) is 11.6 Å². The number of nitrogens with zero attached hydrogens (tertiary/aromatic N) is 6. The summed E-state index contributed by atoms with van der Waals surface area (Å²) in [5, 5.41) is 12.8. The quantitative estimate of drug-likeness (QED) is 0.268. The second-order valence-corrected chi connectivity index (χ2v) is 14.1. The van der Waals surface area contributed by atoms with E-state index in [1.165, 1.54) is 11.3 Å². The van der Waals surface area contributed by atoms with E-state index in [4.69, 9.17) is 9.72 Å². The summed E-state index contributed by atoms with van der Waals surface area (Å²) in [6.45, 7) is 7.65. The second kappa shape index (κ2) is 12.5. The Balaban J connectivity index is 1.08. The van der Waals surface area contributed by atoms with Crippen LogP contribution in [0.15, 0.2) is 46.8 Å². The molecule has 2 saturated heterocycles. The number of fused-ring (bicyclic) bond motifs is 1. The van der Waals surface area contributed by atoms with Gasteiger partial charge >= 0.3 is 0 Å². The summed E-state index contributed by atoms with van der Waals surface area (Å²) in [6, 6.07) is 13.4. The molecule has 2 fully saturated rings. The number of hydrogen-bond acceptors (Lipinski definition) is 10. The summed E-state index contributed by atoms with van der Waals surface area (Å²) in [5.41, 5.74) is 5.77. The molecule has 0 spiro atoms. The van der Waals surface area contributed by atoms with Crippen LogP contribution in [0.3, 0.4) is 0 Å². The molecule has 0 unspecified atom stereocenters. The monoisotopic (exact) mass is 617 g/mol. The van der Waals surface area contributed by atoms with Crippen molar-refractivity contribution in [1.82, 2.24) is 24.2 Å². The van der Waals surface area contributed by atoms with Crippen LogP contribution in [-0.4, -0.2) is 64.8 Å². The van der Waals surface area contributed by atoms with Gasteiger partial charge in [0.15, 0.2) is 5.65 Å². The molecule has 0 atom stereocenters. The molecule has 0 aliphatic carbocycles. The molecule has 0 radical (unpaired) electrons. The minimum Gasteiger partial charge on any atom is -0.437 e. The fourth-order valence-corrected chi connectivity index (χ4v) is 8.01. The predicted molar refractivity (Wildman–Crippen MR) is 167 cm³/mol. The normalized spacial score (nSPS) is 17.1. The topological polar surface area (TPSA) is 124 Å². The van der Waals surface area contributed by atoms with Gasteiger partial charge in [0.1, 0.15) is 10.4 Å². The first-order valence-corrected chi connectivity index (χ1v) is 17.0. The number of sulfonamides is 1. The van der Waals surface area contributed by atoms with Crippen molar-refractivity contribution in [2.75, 3.05) is 31.5 Å². The number of aromatic nitrogens is 3. The number of rotatable bonds is 8. The smallest absolute Gasteiger partial charge is 0.243 e. The minimum absolute atomic E-state index is 0.204. The summed E-state index contributed by atoms with van der Waals surface area (Å²) in [4.78, 5) is 16.6. The van der Waals surface area contributed by atoms with Crippen LogP contribution in [-0.2, 0) is 16.6 Å². The van der Waals surface area contributed by atoms with Crippen LogP contribution in [0.1, 0.15) is 54.4 Å². The predicted octanol–water partition coefficient (Wildman–Crippen LogP) is 5.62. The lowest BCUT2D eigenvalue weighted by Crippen LogP contribution is -2.39. The van der Waals surface area contributed by atoms with E-state index in [1.54, 1.807) is 21.9 Å². The lowest BCUT2D eigenvalue weighted by molar-refractivity contribution is 0.211. The van der Waals surface area contributed by atoms with E-state index < -0.39 is 10.0 Å². The van der Waals surface area contributed by atoms with Gasteiger partial charge < -0.3 is 10.1 Å². The molecule has 12 heteroatoms. The molecule has 2 aliphatic rings. The number of nitriles is 1. The van der Waals surface area contributed by atoms with E-state index in [9.17, 15) is 13.7 Å². The van der Waals surface area contributed by atoms with Gasteiger partial charge in [0, 0.05) is 38.8 Å². The Morgan fingerprint density at radius 2 is 1.72 bits per heavy atom. The first kappa shape index (κ1) is 29.4. The van der Waals surface area contributed by atoms with Gasteiger partial charge in [-0.25, -0.2) is 13.4 Å². The van der Waals surface area contributed by atoms with Crippen molar-refractivity contribution in [2.24, 2.45) is 0 Å². The second-order valence-electron chi connectivity index (χ2n) is 11.3. The number of aryl methyl sites for hydroxylation is 2.